The third kappa shape index (κ3) is 4.47. The Bertz CT molecular complexity index is 1340. The lowest BCUT2D eigenvalue weighted by atomic mass is 9.65. The first-order chi connectivity index (χ1) is 17.4. The number of carbonyl (C=O) groups excluding carboxylic acids is 2. The number of carboxylic acids is 1. The first-order valence-electron chi connectivity index (χ1n) is 12.5. The number of rotatable bonds is 4. The fourth-order valence-electron chi connectivity index (χ4n) is 5.82. The largest absolute Gasteiger partial charge is 0.496 e. The van der Waals surface area contributed by atoms with E-state index in [9.17, 15) is 19.5 Å². The average molecular weight is 502 g/mol. The highest BCUT2D eigenvalue weighted by molar-refractivity contribution is 6.06. The molecule has 2 aliphatic carbocycles. The van der Waals surface area contributed by atoms with Gasteiger partial charge in [0.1, 0.15) is 23.0 Å². The molecule has 3 aliphatic rings. The zero-order chi connectivity index (χ0) is 26.7. The summed E-state index contributed by atoms with van der Waals surface area (Å²) in [6.45, 7) is 8.23. The molecule has 192 valence electrons. The number of carboxylic acid groups (broad SMARTS) is 1. The van der Waals surface area contributed by atoms with E-state index in [1.165, 1.54) is 12.3 Å². The standard InChI is InChI=1S/C30H31NO6/c1-29(2)11-20(32)26-23(13-29)37-24-14-30(3,4)12-21(33)27(24)25(26)18-10-16(7-9-22(18)36-5)17-6-8-19(28(34)35)31-15-17/h6-10,15,25H,11-14H2,1-5H3,(H,34,35). The van der Waals surface area contributed by atoms with Crippen LogP contribution in [0.3, 0.4) is 0 Å². The van der Waals surface area contributed by atoms with Crippen molar-refractivity contribution in [3.63, 3.8) is 0 Å². The number of methoxy groups -OCH3 is 1. The van der Waals surface area contributed by atoms with E-state index in [1.54, 1.807) is 13.2 Å². The second-order valence-electron chi connectivity index (χ2n) is 11.8. The smallest absolute Gasteiger partial charge is 0.354 e. The second kappa shape index (κ2) is 8.68. The van der Waals surface area contributed by atoms with E-state index in [0.717, 1.165) is 11.1 Å². The molecule has 0 saturated carbocycles. The molecule has 7 nitrogen and oxygen atoms in total. The van der Waals surface area contributed by atoms with Gasteiger partial charge in [-0.2, -0.15) is 0 Å². The molecule has 0 spiro atoms. The molecule has 1 aromatic carbocycles. The Morgan fingerprint density at radius 1 is 0.919 bits per heavy atom. The maximum Gasteiger partial charge on any atom is 0.354 e. The first-order valence-corrected chi connectivity index (χ1v) is 12.5. The summed E-state index contributed by atoms with van der Waals surface area (Å²) in [7, 11) is 1.57. The van der Waals surface area contributed by atoms with Crippen LogP contribution in [0.2, 0.25) is 0 Å². The van der Waals surface area contributed by atoms with Crippen LogP contribution in [0.15, 0.2) is 59.2 Å². The van der Waals surface area contributed by atoms with E-state index in [1.807, 2.05) is 18.2 Å². The molecule has 0 fully saturated rings. The summed E-state index contributed by atoms with van der Waals surface area (Å²) in [6, 6.07) is 8.75. The van der Waals surface area contributed by atoms with Crippen molar-refractivity contribution in [3.8, 4) is 16.9 Å². The summed E-state index contributed by atoms with van der Waals surface area (Å²) in [5.74, 6) is 0.152. The highest BCUT2D eigenvalue weighted by Gasteiger charge is 2.48. The minimum absolute atomic E-state index is 0.0135. The average Bonchev–Trinajstić information content (AvgIpc) is 2.80. The van der Waals surface area contributed by atoms with Crippen molar-refractivity contribution < 1.29 is 29.0 Å². The van der Waals surface area contributed by atoms with Crippen LogP contribution in [0.1, 0.15) is 75.3 Å². The molecule has 1 aromatic heterocycles. The highest BCUT2D eigenvalue weighted by Crippen LogP contribution is 2.54. The van der Waals surface area contributed by atoms with Gasteiger partial charge in [-0.15, -0.1) is 0 Å². The van der Waals surface area contributed by atoms with Crippen molar-refractivity contribution in [2.75, 3.05) is 7.11 Å². The number of carbonyl (C=O) groups is 3. The lowest BCUT2D eigenvalue weighted by Crippen LogP contribution is -2.37. The number of nitrogens with zero attached hydrogens (tertiary/aromatic N) is 1. The number of aromatic nitrogens is 1. The number of pyridine rings is 1. The van der Waals surface area contributed by atoms with Gasteiger partial charge in [-0.25, -0.2) is 9.78 Å². The van der Waals surface area contributed by atoms with Crippen LogP contribution in [0.5, 0.6) is 5.75 Å². The van der Waals surface area contributed by atoms with Crippen LogP contribution in [0.4, 0.5) is 0 Å². The van der Waals surface area contributed by atoms with Gasteiger partial charge in [0.25, 0.3) is 0 Å². The van der Waals surface area contributed by atoms with Crippen molar-refractivity contribution in [3.05, 3.63) is 70.5 Å². The number of hydrogen-bond acceptors (Lipinski definition) is 6. The van der Waals surface area contributed by atoms with Gasteiger partial charge in [-0.3, -0.25) is 9.59 Å². The van der Waals surface area contributed by atoms with Crippen molar-refractivity contribution in [2.45, 2.75) is 59.3 Å². The number of benzene rings is 1. The monoisotopic (exact) mass is 501 g/mol. The van der Waals surface area contributed by atoms with E-state index in [-0.39, 0.29) is 28.1 Å². The number of ether oxygens (including phenoxy) is 2. The zero-order valence-electron chi connectivity index (χ0n) is 21.8. The molecule has 0 bridgehead atoms. The zero-order valence-corrected chi connectivity index (χ0v) is 21.8. The van der Waals surface area contributed by atoms with Crippen LogP contribution < -0.4 is 4.74 Å². The number of hydrogen-bond donors (Lipinski definition) is 1. The predicted molar refractivity (Wildman–Crippen MR) is 137 cm³/mol. The van der Waals surface area contributed by atoms with E-state index in [0.29, 0.717) is 59.7 Å². The molecule has 2 heterocycles. The third-order valence-electron chi connectivity index (χ3n) is 7.44. The number of Topliss-reactive ketones (excluding diaryl/α,β-unsaturated/α-hetero) is 2. The highest BCUT2D eigenvalue weighted by atomic mass is 16.5. The maximum atomic E-state index is 13.6. The Kier molecular flexibility index (Phi) is 5.85. The normalized spacial score (nSPS) is 20.8. The quantitative estimate of drug-likeness (QED) is 0.560. The lowest BCUT2D eigenvalue weighted by molar-refractivity contribution is -0.120. The molecular formula is C30H31NO6. The molecule has 2 aromatic rings. The summed E-state index contributed by atoms with van der Waals surface area (Å²) in [4.78, 5) is 42.5. The summed E-state index contributed by atoms with van der Waals surface area (Å²) in [5, 5.41) is 9.21. The lowest BCUT2D eigenvalue weighted by Gasteiger charge is -2.43. The van der Waals surface area contributed by atoms with Crippen LogP contribution in [-0.4, -0.2) is 34.7 Å². The molecule has 0 atom stereocenters. The Morgan fingerprint density at radius 2 is 1.49 bits per heavy atom. The predicted octanol–water partition coefficient (Wildman–Crippen LogP) is 5.86. The van der Waals surface area contributed by atoms with Gasteiger partial charge in [0.2, 0.25) is 0 Å². The molecule has 7 heteroatoms. The van der Waals surface area contributed by atoms with Gasteiger partial charge in [-0.1, -0.05) is 39.8 Å². The van der Waals surface area contributed by atoms with Gasteiger partial charge in [0.15, 0.2) is 11.6 Å². The van der Waals surface area contributed by atoms with Gasteiger partial charge in [0.05, 0.1) is 13.0 Å². The summed E-state index contributed by atoms with van der Waals surface area (Å²) in [5.41, 5.74) is 2.78. The van der Waals surface area contributed by atoms with Gasteiger partial charge >= 0.3 is 5.97 Å². The number of allylic oxidation sites excluding steroid dienone is 4. The van der Waals surface area contributed by atoms with E-state index < -0.39 is 11.9 Å². The van der Waals surface area contributed by atoms with Crippen molar-refractivity contribution in [1.82, 2.24) is 4.98 Å². The first kappa shape index (κ1) is 24.9. The summed E-state index contributed by atoms with van der Waals surface area (Å²) in [6.07, 6.45) is 3.47. The molecule has 0 radical (unpaired) electrons. The number of aromatic carboxylic acids is 1. The Hall–Kier alpha value is -3.74. The minimum Gasteiger partial charge on any atom is -0.496 e. The van der Waals surface area contributed by atoms with E-state index in [4.69, 9.17) is 9.47 Å². The molecule has 0 unspecified atom stereocenters. The van der Waals surface area contributed by atoms with Crippen LogP contribution >= 0.6 is 0 Å². The topological polar surface area (TPSA) is 103 Å². The van der Waals surface area contributed by atoms with Gasteiger partial charge in [0, 0.05) is 54.2 Å². The summed E-state index contributed by atoms with van der Waals surface area (Å²) < 4.78 is 12.1. The van der Waals surface area contributed by atoms with Crippen LogP contribution in [-0.2, 0) is 14.3 Å². The van der Waals surface area contributed by atoms with E-state index in [2.05, 4.69) is 32.7 Å². The molecule has 1 N–H and O–H groups in total. The Morgan fingerprint density at radius 3 is 1.97 bits per heavy atom. The molecule has 0 amide bonds. The van der Waals surface area contributed by atoms with Crippen molar-refractivity contribution in [1.29, 1.82) is 0 Å². The molecule has 1 aliphatic heterocycles. The van der Waals surface area contributed by atoms with Gasteiger partial charge < -0.3 is 14.6 Å². The Labute approximate surface area is 216 Å². The fourth-order valence-corrected chi connectivity index (χ4v) is 5.82. The Balaban J connectivity index is 1.71. The molecule has 37 heavy (non-hydrogen) atoms. The SMILES string of the molecule is COc1ccc(-c2ccc(C(=O)O)nc2)cc1C1C2=C(CC(C)(C)CC2=O)OC2=C1C(=O)CC(C)(C)C2. The van der Waals surface area contributed by atoms with E-state index >= 15 is 0 Å². The molecular weight excluding hydrogens is 470 g/mol. The number of ketones is 2. The third-order valence-corrected chi connectivity index (χ3v) is 7.44. The van der Waals surface area contributed by atoms with Gasteiger partial charge in [-0.05, 0) is 34.6 Å². The van der Waals surface area contributed by atoms with Crippen molar-refractivity contribution in [2.24, 2.45) is 10.8 Å². The fraction of sp³-hybridized carbons (Fsp3) is 0.400. The molecule has 5 rings (SSSR count). The molecule has 0 saturated heterocycles. The van der Waals surface area contributed by atoms with Crippen molar-refractivity contribution >= 4 is 17.5 Å². The maximum absolute atomic E-state index is 13.6. The second-order valence-corrected chi connectivity index (χ2v) is 11.8. The van der Waals surface area contributed by atoms with Crippen LogP contribution in [0, 0.1) is 10.8 Å². The van der Waals surface area contributed by atoms with Crippen LogP contribution in [0.25, 0.3) is 11.1 Å². The minimum atomic E-state index is -1.10. The summed E-state index contributed by atoms with van der Waals surface area (Å²) >= 11 is 0.